The molecule has 0 spiro atoms. The van der Waals surface area contributed by atoms with E-state index >= 15 is 0 Å². The molecule has 0 bridgehead atoms. The third-order valence-corrected chi connectivity index (χ3v) is 3.34. The molecule has 0 aliphatic rings. The standard InChI is InChI=1S/C17H28N2/c1-6-12-19(17(3,4)5)14-16-11-9-8-10-15(16)13-18-7-2/h6,8-11,18H,1,7,12-14H2,2-5H3. The van der Waals surface area contributed by atoms with Crippen LogP contribution in [0.4, 0.5) is 0 Å². The number of benzene rings is 1. The van der Waals surface area contributed by atoms with E-state index in [1.807, 2.05) is 6.08 Å². The minimum atomic E-state index is 0.152. The van der Waals surface area contributed by atoms with E-state index in [0.717, 1.165) is 26.2 Å². The lowest BCUT2D eigenvalue weighted by atomic mass is 10.0. The highest BCUT2D eigenvalue weighted by Gasteiger charge is 2.20. The second kappa shape index (κ2) is 7.46. The molecule has 1 aromatic carbocycles. The summed E-state index contributed by atoms with van der Waals surface area (Å²) in [4.78, 5) is 2.45. The fourth-order valence-electron chi connectivity index (χ4n) is 2.08. The van der Waals surface area contributed by atoms with E-state index < -0.39 is 0 Å². The van der Waals surface area contributed by atoms with E-state index in [2.05, 4.69) is 68.8 Å². The quantitative estimate of drug-likeness (QED) is 0.754. The van der Waals surface area contributed by atoms with Gasteiger partial charge >= 0.3 is 0 Å². The van der Waals surface area contributed by atoms with Crippen LogP contribution in [-0.4, -0.2) is 23.5 Å². The smallest absolute Gasteiger partial charge is 0.0245 e. The van der Waals surface area contributed by atoms with Crippen LogP contribution in [0.15, 0.2) is 36.9 Å². The lowest BCUT2D eigenvalue weighted by Crippen LogP contribution is -2.41. The SMILES string of the molecule is C=CCN(Cc1ccccc1CNCC)C(C)(C)C. The normalized spacial score (nSPS) is 11.8. The van der Waals surface area contributed by atoms with Gasteiger partial charge in [0.25, 0.3) is 0 Å². The molecule has 0 aliphatic heterocycles. The summed E-state index contributed by atoms with van der Waals surface area (Å²) in [5.74, 6) is 0. The highest BCUT2D eigenvalue weighted by atomic mass is 15.2. The zero-order valence-corrected chi connectivity index (χ0v) is 12.9. The molecule has 0 amide bonds. The van der Waals surface area contributed by atoms with Gasteiger partial charge in [0.1, 0.15) is 0 Å². The molecule has 106 valence electrons. The average Bonchev–Trinajstić information content (AvgIpc) is 2.36. The Morgan fingerprint density at radius 1 is 1.21 bits per heavy atom. The topological polar surface area (TPSA) is 15.3 Å². The molecule has 0 unspecified atom stereocenters. The van der Waals surface area contributed by atoms with Gasteiger partial charge < -0.3 is 5.32 Å². The van der Waals surface area contributed by atoms with Gasteiger partial charge in [-0.05, 0) is 38.4 Å². The largest absolute Gasteiger partial charge is 0.313 e. The van der Waals surface area contributed by atoms with Gasteiger partial charge in [0.05, 0.1) is 0 Å². The van der Waals surface area contributed by atoms with Crippen LogP contribution in [0.5, 0.6) is 0 Å². The van der Waals surface area contributed by atoms with Crippen molar-refractivity contribution in [3.8, 4) is 0 Å². The van der Waals surface area contributed by atoms with Gasteiger partial charge in [0.15, 0.2) is 0 Å². The maximum Gasteiger partial charge on any atom is 0.0245 e. The van der Waals surface area contributed by atoms with E-state index in [1.165, 1.54) is 11.1 Å². The van der Waals surface area contributed by atoms with Crippen molar-refractivity contribution in [2.45, 2.75) is 46.3 Å². The molecule has 19 heavy (non-hydrogen) atoms. The predicted octanol–water partition coefficient (Wildman–Crippen LogP) is 3.58. The molecular formula is C17H28N2. The number of nitrogens with one attached hydrogen (secondary N) is 1. The van der Waals surface area contributed by atoms with Gasteiger partial charge in [-0.15, -0.1) is 6.58 Å². The van der Waals surface area contributed by atoms with Gasteiger partial charge in [-0.25, -0.2) is 0 Å². The Morgan fingerprint density at radius 2 is 1.84 bits per heavy atom. The van der Waals surface area contributed by atoms with Crippen LogP contribution < -0.4 is 5.32 Å². The first-order valence-electron chi connectivity index (χ1n) is 7.12. The number of hydrogen-bond acceptors (Lipinski definition) is 2. The Kier molecular flexibility index (Phi) is 6.26. The predicted molar refractivity (Wildman–Crippen MR) is 84.2 cm³/mol. The molecule has 0 heterocycles. The van der Waals surface area contributed by atoms with E-state index in [4.69, 9.17) is 0 Å². The molecule has 1 aromatic rings. The number of hydrogen-bond donors (Lipinski definition) is 1. The summed E-state index contributed by atoms with van der Waals surface area (Å²) < 4.78 is 0. The van der Waals surface area contributed by atoms with Crippen molar-refractivity contribution in [3.05, 3.63) is 48.0 Å². The van der Waals surface area contributed by atoms with E-state index in [-0.39, 0.29) is 5.54 Å². The van der Waals surface area contributed by atoms with Gasteiger partial charge in [-0.1, -0.05) is 37.3 Å². The molecule has 2 nitrogen and oxygen atoms in total. The highest BCUT2D eigenvalue weighted by Crippen LogP contribution is 2.19. The second-order valence-corrected chi connectivity index (χ2v) is 5.89. The van der Waals surface area contributed by atoms with E-state index in [1.54, 1.807) is 0 Å². The van der Waals surface area contributed by atoms with Crippen molar-refractivity contribution < 1.29 is 0 Å². The van der Waals surface area contributed by atoms with Crippen molar-refractivity contribution in [2.75, 3.05) is 13.1 Å². The Bertz CT molecular complexity index is 390. The van der Waals surface area contributed by atoms with Crippen LogP contribution in [0.25, 0.3) is 0 Å². The summed E-state index contributed by atoms with van der Waals surface area (Å²) in [6, 6.07) is 8.69. The average molecular weight is 260 g/mol. The van der Waals surface area contributed by atoms with Gasteiger partial charge in [0, 0.05) is 25.2 Å². The molecule has 0 atom stereocenters. The summed E-state index contributed by atoms with van der Waals surface area (Å²) in [6.45, 7) is 16.6. The first-order valence-corrected chi connectivity index (χ1v) is 7.12. The third-order valence-electron chi connectivity index (χ3n) is 3.34. The Labute approximate surface area is 118 Å². The van der Waals surface area contributed by atoms with Crippen LogP contribution in [0.3, 0.4) is 0 Å². The molecule has 0 saturated heterocycles. The minimum Gasteiger partial charge on any atom is -0.313 e. The fraction of sp³-hybridized carbons (Fsp3) is 0.529. The molecule has 0 aromatic heterocycles. The third kappa shape index (κ3) is 5.17. The molecule has 1 rings (SSSR count). The summed E-state index contributed by atoms with van der Waals surface area (Å²) in [5, 5.41) is 3.41. The van der Waals surface area contributed by atoms with Gasteiger partial charge in [0.2, 0.25) is 0 Å². The van der Waals surface area contributed by atoms with Crippen molar-refractivity contribution in [1.82, 2.24) is 10.2 Å². The second-order valence-electron chi connectivity index (χ2n) is 5.89. The molecular weight excluding hydrogens is 232 g/mol. The molecule has 2 heteroatoms. The zero-order chi connectivity index (χ0) is 14.3. The first-order chi connectivity index (χ1) is 8.99. The van der Waals surface area contributed by atoms with Crippen LogP contribution >= 0.6 is 0 Å². The van der Waals surface area contributed by atoms with Crippen molar-refractivity contribution in [3.63, 3.8) is 0 Å². The maximum atomic E-state index is 3.87. The molecule has 0 aliphatic carbocycles. The van der Waals surface area contributed by atoms with Crippen LogP contribution in [0, 0.1) is 0 Å². The number of nitrogens with zero attached hydrogens (tertiary/aromatic N) is 1. The molecule has 0 fully saturated rings. The fourth-order valence-corrected chi connectivity index (χ4v) is 2.08. The van der Waals surface area contributed by atoms with Crippen LogP contribution in [0.2, 0.25) is 0 Å². The lowest BCUT2D eigenvalue weighted by molar-refractivity contribution is 0.145. The Hall–Kier alpha value is -1.12. The Balaban J connectivity index is 2.86. The first kappa shape index (κ1) is 15.9. The molecule has 0 saturated carbocycles. The maximum absolute atomic E-state index is 3.87. The van der Waals surface area contributed by atoms with Gasteiger partial charge in [-0.2, -0.15) is 0 Å². The monoisotopic (exact) mass is 260 g/mol. The summed E-state index contributed by atoms with van der Waals surface area (Å²) in [5.41, 5.74) is 2.95. The van der Waals surface area contributed by atoms with E-state index in [0.29, 0.717) is 0 Å². The summed E-state index contributed by atoms with van der Waals surface area (Å²) in [7, 11) is 0. The zero-order valence-electron chi connectivity index (χ0n) is 12.9. The van der Waals surface area contributed by atoms with Crippen LogP contribution in [-0.2, 0) is 13.1 Å². The van der Waals surface area contributed by atoms with Crippen molar-refractivity contribution in [2.24, 2.45) is 0 Å². The van der Waals surface area contributed by atoms with Crippen molar-refractivity contribution >= 4 is 0 Å². The van der Waals surface area contributed by atoms with E-state index in [9.17, 15) is 0 Å². The molecule has 0 radical (unpaired) electrons. The van der Waals surface area contributed by atoms with Gasteiger partial charge in [-0.3, -0.25) is 4.90 Å². The highest BCUT2D eigenvalue weighted by molar-refractivity contribution is 5.27. The molecule has 1 N–H and O–H groups in total. The summed E-state index contributed by atoms with van der Waals surface area (Å²) in [6.07, 6.45) is 1.98. The van der Waals surface area contributed by atoms with Crippen molar-refractivity contribution in [1.29, 1.82) is 0 Å². The lowest BCUT2D eigenvalue weighted by Gasteiger charge is -2.35. The number of rotatable bonds is 7. The minimum absolute atomic E-state index is 0.152. The Morgan fingerprint density at radius 3 is 2.37 bits per heavy atom. The summed E-state index contributed by atoms with van der Waals surface area (Å²) >= 11 is 0. The van der Waals surface area contributed by atoms with Crippen LogP contribution in [0.1, 0.15) is 38.8 Å².